The Bertz CT molecular complexity index is 912. The lowest BCUT2D eigenvalue weighted by Gasteiger charge is -2.17. The van der Waals surface area contributed by atoms with Crippen LogP contribution in [0.4, 0.5) is 10.1 Å². The second kappa shape index (κ2) is 8.59. The first kappa shape index (κ1) is 20.8. The second-order valence-corrected chi connectivity index (χ2v) is 7.71. The van der Waals surface area contributed by atoms with Crippen LogP contribution in [0, 0.1) is 18.7 Å². The molecule has 1 aromatic carbocycles. The van der Waals surface area contributed by atoms with E-state index in [4.69, 9.17) is 4.74 Å². The lowest BCUT2D eigenvalue weighted by Crippen LogP contribution is -2.37. The van der Waals surface area contributed by atoms with Crippen molar-refractivity contribution in [1.82, 2.24) is 20.1 Å². The number of carbonyl (C=O) groups excluding carboxylic acids is 2. The molecule has 2 atom stereocenters. The normalized spacial score (nSPS) is 16.4. The molecular formula is C20H26FN5O3. The first-order valence-electron chi connectivity index (χ1n) is 9.69. The maximum absolute atomic E-state index is 14.0. The first-order chi connectivity index (χ1) is 13.8. The molecule has 1 unspecified atom stereocenters. The molecule has 29 heavy (non-hydrogen) atoms. The summed E-state index contributed by atoms with van der Waals surface area (Å²) in [5, 5.41) is 9.48. The molecular weight excluding hydrogens is 377 g/mol. The van der Waals surface area contributed by atoms with Gasteiger partial charge in [0.25, 0.3) is 5.91 Å². The van der Waals surface area contributed by atoms with E-state index in [9.17, 15) is 14.0 Å². The summed E-state index contributed by atoms with van der Waals surface area (Å²) >= 11 is 0. The van der Waals surface area contributed by atoms with E-state index in [1.165, 1.54) is 6.07 Å². The number of halogens is 1. The third-order valence-corrected chi connectivity index (χ3v) is 4.92. The van der Waals surface area contributed by atoms with Gasteiger partial charge in [0.1, 0.15) is 23.9 Å². The number of nitrogens with zero attached hydrogens (tertiary/aromatic N) is 3. The minimum absolute atomic E-state index is 0.0314. The van der Waals surface area contributed by atoms with Crippen LogP contribution in [0.15, 0.2) is 12.1 Å². The number of aromatic nitrogens is 3. The summed E-state index contributed by atoms with van der Waals surface area (Å²) in [6.45, 7) is 7.83. The molecule has 2 heterocycles. The van der Waals surface area contributed by atoms with Gasteiger partial charge in [-0.2, -0.15) is 0 Å². The van der Waals surface area contributed by atoms with E-state index in [0.717, 1.165) is 18.7 Å². The summed E-state index contributed by atoms with van der Waals surface area (Å²) in [7, 11) is 0. The van der Waals surface area contributed by atoms with Crippen LogP contribution < -0.4 is 15.4 Å². The van der Waals surface area contributed by atoms with Gasteiger partial charge < -0.3 is 15.4 Å². The largest absolute Gasteiger partial charge is 0.489 e. The number of amides is 2. The third-order valence-electron chi connectivity index (χ3n) is 4.92. The van der Waals surface area contributed by atoms with Crippen molar-refractivity contribution in [3.63, 3.8) is 0 Å². The lowest BCUT2D eigenvalue weighted by atomic mass is 10.0. The molecule has 8 nitrogen and oxygen atoms in total. The zero-order valence-electron chi connectivity index (χ0n) is 17.0. The molecule has 0 fully saturated rings. The molecule has 1 aliphatic rings. The number of carbonyl (C=O) groups is 2. The number of ether oxygens (including phenoxy) is 1. The van der Waals surface area contributed by atoms with Crippen LogP contribution in [0.1, 0.15) is 55.2 Å². The van der Waals surface area contributed by atoms with E-state index < -0.39 is 5.82 Å². The van der Waals surface area contributed by atoms with Crippen LogP contribution in [0.2, 0.25) is 0 Å². The number of hydrogen-bond donors (Lipinski definition) is 2. The number of fused-ring (bicyclic) bond motifs is 1. The topological polar surface area (TPSA) is 98.1 Å². The van der Waals surface area contributed by atoms with Gasteiger partial charge in [0, 0.05) is 6.42 Å². The molecule has 2 N–H and O–H groups in total. The van der Waals surface area contributed by atoms with Gasteiger partial charge in [-0.15, -0.1) is 5.10 Å². The maximum atomic E-state index is 14.0. The number of nitrogens with one attached hydrogen (secondary N) is 2. The molecule has 156 valence electrons. The highest BCUT2D eigenvalue weighted by atomic mass is 19.1. The quantitative estimate of drug-likeness (QED) is 0.661. The predicted octanol–water partition coefficient (Wildman–Crippen LogP) is 2.63. The van der Waals surface area contributed by atoms with Gasteiger partial charge in [0.05, 0.1) is 12.1 Å². The third kappa shape index (κ3) is 4.55. The minimum atomic E-state index is -0.583. The summed E-state index contributed by atoms with van der Waals surface area (Å²) in [5.74, 6) is 0.631. The van der Waals surface area contributed by atoms with Crippen molar-refractivity contribution < 1.29 is 18.7 Å². The molecule has 0 aliphatic carbocycles. The molecule has 0 saturated heterocycles. The van der Waals surface area contributed by atoms with Gasteiger partial charge in [0.15, 0.2) is 5.82 Å². The van der Waals surface area contributed by atoms with E-state index in [2.05, 4.69) is 34.6 Å². The molecule has 3 rings (SSSR count). The fourth-order valence-corrected chi connectivity index (χ4v) is 3.47. The van der Waals surface area contributed by atoms with Gasteiger partial charge in [-0.3, -0.25) is 9.59 Å². The standard InChI is InChI=1S/C20H26FN5O3/c1-11(2)15-5-6-17-24-19(25-26(15)17)20(28)23-13(4)9-29-16-8-12(3)7-14(21)18(16)22-10-27/h7-8,10-11,13,15H,5-6,9H2,1-4H3,(H,22,27)(H,23,28)/t13-,15?/m1/s1. The average Bonchev–Trinajstić information content (AvgIpc) is 3.22. The highest BCUT2D eigenvalue weighted by molar-refractivity contribution is 5.90. The molecule has 2 aromatic rings. The van der Waals surface area contributed by atoms with Gasteiger partial charge >= 0.3 is 0 Å². The SMILES string of the molecule is Cc1cc(F)c(NC=O)c(OC[C@@H](C)NC(=O)c2nc3n(n2)C(C(C)C)CC3)c1. The van der Waals surface area contributed by atoms with Crippen molar-refractivity contribution in [2.24, 2.45) is 5.92 Å². The second-order valence-electron chi connectivity index (χ2n) is 7.71. The first-order valence-corrected chi connectivity index (χ1v) is 9.69. The Kier molecular flexibility index (Phi) is 6.14. The minimum Gasteiger partial charge on any atom is -0.489 e. The van der Waals surface area contributed by atoms with E-state index in [1.54, 1.807) is 19.9 Å². The Morgan fingerprint density at radius 1 is 1.41 bits per heavy atom. The van der Waals surface area contributed by atoms with Crippen LogP contribution in [0.3, 0.4) is 0 Å². The number of aryl methyl sites for hydroxylation is 2. The van der Waals surface area contributed by atoms with Gasteiger partial charge in [-0.05, 0) is 43.9 Å². The van der Waals surface area contributed by atoms with E-state index in [1.807, 2.05) is 4.68 Å². The summed E-state index contributed by atoms with van der Waals surface area (Å²) in [6.07, 6.45) is 2.19. The lowest BCUT2D eigenvalue weighted by molar-refractivity contribution is -0.105. The highest BCUT2D eigenvalue weighted by Gasteiger charge is 2.29. The fraction of sp³-hybridized carbons (Fsp3) is 0.500. The smallest absolute Gasteiger partial charge is 0.291 e. The van der Waals surface area contributed by atoms with Gasteiger partial charge in [0.2, 0.25) is 12.2 Å². The molecule has 0 radical (unpaired) electrons. The van der Waals surface area contributed by atoms with Crippen molar-refractivity contribution in [2.75, 3.05) is 11.9 Å². The van der Waals surface area contributed by atoms with Crippen molar-refractivity contribution in [2.45, 2.75) is 52.6 Å². The zero-order valence-corrected chi connectivity index (χ0v) is 17.0. The zero-order chi connectivity index (χ0) is 21.1. The van der Waals surface area contributed by atoms with Crippen molar-refractivity contribution >= 4 is 18.0 Å². The number of hydrogen-bond acceptors (Lipinski definition) is 5. The number of anilines is 1. The van der Waals surface area contributed by atoms with Crippen LogP contribution in [0.25, 0.3) is 0 Å². The molecule has 1 aliphatic heterocycles. The van der Waals surface area contributed by atoms with E-state index in [-0.39, 0.29) is 41.9 Å². The molecule has 0 saturated carbocycles. The van der Waals surface area contributed by atoms with Crippen molar-refractivity contribution in [1.29, 1.82) is 0 Å². The van der Waals surface area contributed by atoms with Crippen molar-refractivity contribution in [3.05, 3.63) is 35.2 Å². The Morgan fingerprint density at radius 3 is 2.86 bits per heavy atom. The molecule has 1 aromatic heterocycles. The Hall–Kier alpha value is -2.97. The highest BCUT2D eigenvalue weighted by Crippen LogP contribution is 2.30. The van der Waals surface area contributed by atoms with Crippen molar-refractivity contribution in [3.8, 4) is 5.75 Å². The van der Waals surface area contributed by atoms with E-state index in [0.29, 0.717) is 17.9 Å². The summed E-state index contributed by atoms with van der Waals surface area (Å²) < 4.78 is 21.5. The molecule has 0 bridgehead atoms. The Balaban J connectivity index is 1.62. The summed E-state index contributed by atoms with van der Waals surface area (Å²) in [6, 6.07) is 2.81. The van der Waals surface area contributed by atoms with Crippen LogP contribution in [-0.2, 0) is 11.2 Å². The summed E-state index contributed by atoms with van der Waals surface area (Å²) in [5.41, 5.74) is 0.623. The molecule has 9 heteroatoms. The van der Waals surface area contributed by atoms with Crippen LogP contribution in [-0.4, -0.2) is 39.7 Å². The number of benzene rings is 1. The predicted molar refractivity (Wildman–Crippen MR) is 105 cm³/mol. The molecule has 2 amide bonds. The summed E-state index contributed by atoms with van der Waals surface area (Å²) in [4.78, 5) is 27.6. The van der Waals surface area contributed by atoms with E-state index >= 15 is 0 Å². The monoisotopic (exact) mass is 403 g/mol. The average molecular weight is 403 g/mol. The van der Waals surface area contributed by atoms with Crippen LogP contribution in [0.5, 0.6) is 5.75 Å². The fourth-order valence-electron chi connectivity index (χ4n) is 3.47. The van der Waals surface area contributed by atoms with Crippen LogP contribution >= 0.6 is 0 Å². The molecule has 0 spiro atoms. The van der Waals surface area contributed by atoms with Gasteiger partial charge in [-0.25, -0.2) is 14.1 Å². The maximum Gasteiger partial charge on any atom is 0.291 e. The van der Waals surface area contributed by atoms with Gasteiger partial charge in [-0.1, -0.05) is 13.8 Å². The number of rotatable bonds is 8. The Labute approximate surface area is 168 Å². The Morgan fingerprint density at radius 2 is 2.17 bits per heavy atom.